The van der Waals surface area contributed by atoms with Crippen LogP contribution in [0.3, 0.4) is 0 Å². The quantitative estimate of drug-likeness (QED) is 0.412. The standard InChI is InChI=1S/5FH.Rh/h5*1H;/q;;;;;+5/p-5. The van der Waals surface area contributed by atoms with Crippen LogP contribution in [0.1, 0.15) is 0 Å². The van der Waals surface area contributed by atoms with E-state index < -0.39 is 16.1 Å². The maximum atomic E-state index is 9.88. The van der Waals surface area contributed by atoms with Gasteiger partial charge in [0.25, 0.3) is 0 Å². The zero-order valence-corrected chi connectivity index (χ0v) is 3.86. The molecule has 0 amide bonds. The van der Waals surface area contributed by atoms with Crippen LogP contribution >= 0.6 is 0 Å². The summed E-state index contributed by atoms with van der Waals surface area (Å²) in [5.41, 5.74) is 0. The third-order valence-electron chi connectivity index (χ3n) is 0. The van der Waals surface area contributed by atoms with Crippen molar-refractivity contribution in [3.8, 4) is 0 Å². The Labute approximate surface area is 33.6 Å². The van der Waals surface area contributed by atoms with Gasteiger partial charge in [-0.2, -0.15) is 0 Å². The Morgan fingerprint density at radius 1 is 0.667 bits per heavy atom. The molecule has 0 aromatic carbocycles. The second kappa shape index (κ2) is 0.912. The first-order valence-corrected chi connectivity index (χ1v) is 3.73. The van der Waals surface area contributed by atoms with Gasteiger partial charge >= 0.3 is 32.7 Å². The topological polar surface area (TPSA) is 0 Å². The molecule has 0 saturated heterocycles. The summed E-state index contributed by atoms with van der Waals surface area (Å²) in [5, 5.41) is 0. The van der Waals surface area contributed by atoms with E-state index in [1.54, 1.807) is 0 Å². The molecule has 0 heterocycles. The molecule has 0 bridgehead atoms. The molecule has 0 spiro atoms. The monoisotopic (exact) mass is 198 g/mol. The molecule has 0 aromatic rings. The normalized spacial score (nSPS) is 19.2. The minimum atomic E-state index is -8.90. The SMILES string of the molecule is [F][Rh]([F])([F])([F])[F]. The Bertz CT molecular complexity index is 37.1. The average molecular weight is 198 g/mol. The zero-order chi connectivity index (χ0) is 5.45. The van der Waals surface area contributed by atoms with Crippen LogP contribution < -0.4 is 0 Å². The van der Waals surface area contributed by atoms with Crippen LogP contribution in [0.2, 0.25) is 0 Å². The molecule has 0 unspecified atom stereocenters. The van der Waals surface area contributed by atoms with E-state index in [0.717, 1.165) is 0 Å². The van der Waals surface area contributed by atoms with E-state index in [4.69, 9.17) is 0 Å². The molecule has 6 heteroatoms. The molecule has 0 aliphatic heterocycles. The van der Waals surface area contributed by atoms with Crippen LogP contribution in [0.15, 0.2) is 0 Å². The van der Waals surface area contributed by atoms with Gasteiger partial charge in [-0.15, -0.1) is 0 Å². The van der Waals surface area contributed by atoms with Gasteiger partial charge in [0.2, 0.25) is 0 Å². The third kappa shape index (κ3) is 613. The van der Waals surface area contributed by atoms with Gasteiger partial charge in [-0.1, -0.05) is 0 Å². The Balaban J connectivity index is 3.73. The number of hydrogen-bond donors (Lipinski definition) is 0. The summed E-state index contributed by atoms with van der Waals surface area (Å²) in [7, 11) is 0. The van der Waals surface area contributed by atoms with Crippen molar-refractivity contribution in [2.45, 2.75) is 0 Å². The van der Waals surface area contributed by atoms with E-state index in [1.165, 1.54) is 0 Å². The summed E-state index contributed by atoms with van der Waals surface area (Å²) >= 11 is -8.90. The molecule has 0 radical (unpaired) electrons. The van der Waals surface area contributed by atoms with E-state index in [0.29, 0.717) is 0 Å². The number of rotatable bonds is 0. The molecule has 0 N–H and O–H groups in total. The number of hydrogen-bond acceptors (Lipinski definition) is 0. The minimum absolute atomic E-state index is 8.90. The predicted octanol–water partition coefficient (Wildman–Crippen LogP) is 2.10. The Hall–Kier alpha value is 0.273. The first-order valence-electron chi connectivity index (χ1n) is 0.630. The van der Waals surface area contributed by atoms with Crippen molar-refractivity contribution in [3.05, 3.63) is 0 Å². The van der Waals surface area contributed by atoms with E-state index in [2.05, 4.69) is 0 Å². The van der Waals surface area contributed by atoms with Gasteiger partial charge in [0.05, 0.1) is 0 Å². The van der Waals surface area contributed by atoms with Crippen LogP contribution in [0.4, 0.5) is 16.6 Å². The van der Waals surface area contributed by atoms with E-state index in [1.807, 2.05) is 0 Å². The van der Waals surface area contributed by atoms with Gasteiger partial charge in [0, 0.05) is 0 Å². The van der Waals surface area contributed by atoms with Crippen molar-refractivity contribution in [2.24, 2.45) is 0 Å². The van der Waals surface area contributed by atoms with E-state index >= 15 is 0 Å². The van der Waals surface area contributed by atoms with E-state index in [9.17, 15) is 16.6 Å². The molecule has 0 aliphatic rings. The molecule has 0 atom stereocenters. The number of halogens is 5. The summed E-state index contributed by atoms with van der Waals surface area (Å²) in [6, 6.07) is 0. The van der Waals surface area contributed by atoms with Gasteiger partial charge in [-0.3, -0.25) is 0 Å². The molecule has 44 valence electrons. The van der Waals surface area contributed by atoms with Crippen molar-refractivity contribution in [1.29, 1.82) is 0 Å². The zero-order valence-electron chi connectivity index (χ0n) is 2.22. The third-order valence-corrected chi connectivity index (χ3v) is 0. The summed E-state index contributed by atoms with van der Waals surface area (Å²) < 4.78 is 49.4. The molecular weight excluding hydrogens is 198 g/mol. The van der Waals surface area contributed by atoms with E-state index in [-0.39, 0.29) is 0 Å². The van der Waals surface area contributed by atoms with Crippen LogP contribution in [0.5, 0.6) is 0 Å². The van der Waals surface area contributed by atoms with Gasteiger partial charge in [0.1, 0.15) is 0 Å². The van der Waals surface area contributed by atoms with Crippen molar-refractivity contribution in [3.63, 3.8) is 0 Å². The summed E-state index contributed by atoms with van der Waals surface area (Å²) in [4.78, 5) is 0. The fourth-order valence-corrected chi connectivity index (χ4v) is 0. The van der Waals surface area contributed by atoms with Crippen molar-refractivity contribution in [1.82, 2.24) is 0 Å². The maximum absolute atomic E-state index is 9.88. The fourth-order valence-electron chi connectivity index (χ4n) is 0. The van der Waals surface area contributed by atoms with Crippen LogP contribution in [-0.2, 0) is 16.1 Å². The molecule has 0 rings (SSSR count). The first kappa shape index (κ1) is 6.27. The molecule has 0 saturated carbocycles. The molecule has 0 fully saturated rings. The predicted molar refractivity (Wildman–Crippen MR) is 5.54 cm³/mol. The molecule has 0 aromatic heterocycles. The molecule has 0 aliphatic carbocycles. The fraction of sp³-hybridized carbons (Fsp3) is 0. The van der Waals surface area contributed by atoms with Crippen molar-refractivity contribution >= 4 is 0 Å². The van der Waals surface area contributed by atoms with Crippen LogP contribution in [0.25, 0.3) is 0 Å². The molecule has 6 heavy (non-hydrogen) atoms. The van der Waals surface area contributed by atoms with Gasteiger partial charge in [0.15, 0.2) is 0 Å². The Kier molecular flexibility index (Phi) is 0.954. The van der Waals surface area contributed by atoms with Gasteiger partial charge < -0.3 is 0 Å². The van der Waals surface area contributed by atoms with Gasteiger partial charge in [-0.25, -0.2) is 0 Å². The molecule has 0 nitrogen and oxygen atoms in total. The second-order valence-corrected chi connectivity index (χ2v) is 2.82. The van der Waals surface area contributed by atoms with Crippen molar-refractivity contribution in [2.75, 3.05) is 0 Å². The first-order chi connectivity index (χ1) is 2.24. The van der Waals surface area contributed by atoms with Crippen LogP contribution in [0, 0.1) is 0 Å². The summed E-state index contributed by atoms with van der Waals surface area (Å²) in [6.07, 6.45) is 0. The Morgan fingerprint density at radius 2 is 0.667 bits per heavy atom. The second-order valence-electron chi connectivity index (χ2n) is 0.476. The summed E-state index contributed by atoms with van der Waals surface area (Å²) in [5.74, 6) is 0. The summed E-state index contributed by atoms with van der Waals surface area (Å²) in [6.45, 7) is 0. The average Bonchev–Trinajstić information content (AvgIpc) is 0.650. The Morgan fingerprint density at radius 3 is 0.667 bits per heavy atom. The van der Waals surface area contributed by atoms with Crippen molar-refractivity contribution < 1.29 is 32.7 Å². The van der Waals surface area contributed by atoms with Gasteiger partial charge in [-0.05, 0) is 0 Å². The van der Waals surface area contributed by atoms with Crippen LogP contribution in [-0.4, -0.2) is 0 Å². The molecular formula is F5Rh.